The van der Waals surface area contributed by atoms with Gasteiger partial charge in [-0.05, 0) is 43.6 Å². The summed E-state index contributed by atoms with van der Waals surface area (Å²) in [6.07, 6.45) is 5.86. The van der Waals surface area contributed by atoms with E-state index < -0.39 is 10.8 Å². The fourth-order valence-corrected chi connectivity index (χ4v) is 4.98. The molecule has 126 valence electrons. The third kappa shape index (κ3) is 5.65. The van der Waals surface area contributed by atoms with Gasteiger partial charge < -0.3 is 10.1 Å². The fraction of sp³-hybridized carbons (Fsp3) is 1.00. The van der Waals surface area contributed by atoms with Crippen molar-refractivity contribution in [2.24, 2.45) is 11.3 Å². The normalized spacial score (nSPS) is 28.5. The molecule has 0 aliphatic heterocycles. The molecule has 0 aromatic rings. The van der Waals surface area contributed by atoms with Gasteiger partial charge in [0.2, 0.25) is 0 Å². The van der Waals surface area contributed by atoms with Crippen molar-refractivity contribution in [3.8, 4) is 0 Å². The van der Waals surface area contributed by atoms with Gasteiger partial charge in [0.1, 0.15) is 0 Å². The van der Waals surface area contributed by atoms with Crippen LogP contribution in [0, 0.1) is 11.3 Å². The Morgan fingerprint density at radius 1 is 1.29 bits per heavy atom. The summed E-state index contributed by atoms with van der Waals surface area (Å²) in [5, 5.41) is 3.92. The van der Waals surface area contributed by atoms with Crippen LogP contribution in [0.25, 0.3) is 0 Å². The Bertz CT molecular complexity index is 320. The van der Waals surface area contributed by atoms with Gasteiger partial charge in [0.25, 0.3) is 0 Å². The number of hydrogen-bond donors (Lipinski definition) is 1. The summed E-state index contributed by atoms with van der Waals surface area (Å²) in [5.41, 5.74) is 0.361. The molecule has 0 heterocycles. The molecule has 4 heteroatoms. The van der Waals surface area contributed by atoms with E-state index >= 15 is 0 Å². The summed E-state index contributed by atoms with van der Waals surface area (Å²) < 4.78 is 17.8. The van der Waals surface area contributed by atoms with Crippen molar-refractivity contribution in [1.82, 2.24) is 5.32 Å². The molecular formula is C17H35NO2S. The summed E-state index contributed by atoms with van der Waals surface area (Å²) in [4.78, 5) is 0. The molecule has 0 radical (unpaired) electrons. The van der Waals surface area contributed by atoms with E-state index in [1.165, 1.54) is 12.8 Å². The van der Waals surface area contributed by atoms with Crippen LogP contribution in [0.1, 0.15) is 59.8 Å². The van der Waals surface area contributed by atoms with Crippen LogP contribution in [0.3, 0.4) is 0 Å². The van der Waals surface area contributed by atoms with Crippen LogP contribution in [0.15, 0.2) is 0 Å². The summed E-state index contributed by atoms with van der Waals surface area (Å²) in [6, 6.07) is 0.423. The molecule has 0 spiro atoms. The van der Waals surface area contributed by atoms with Gasteiger partial charge >= 0.3 is 0 Å². The van der Waals surface area contributed by atoms with Gasteiger partial charge in [0.15, 0.2) is 0 Å². The molecule has 1 aliphatic rings. The van der Waals surface area contributed by atoms with Gasteiger partial charge in [-0.3, -0.25) is 4.21 Å². The van der Waals surface area contributed by atoms with Crippen molar-refractivity contribution in [2.75, 3.05) is 26.0 Å². The zero-order chi connectivity index (χ0) is 15.9. The van der Waals surface area contributed by atoms with Gasteiger partial charge in [0, 0.05) is 29.7 Å². The molecule has 21 heavy (non-hydrogen) atoms. The SMILES string of the molecule is CCCNC1CCC(C(C)(C)CC)CC1S(=O)CCOC. The van der Waals surface area contributed by atoms with E-state index in [-0.39, 0.29) is 5.25 Å². The number of rotatable bonds is 9. The van der Waals surface area contributed by atoms with Crippen LogP contribution in [0.5, 0.6) is 0 Å². The highest BCUT2D eigenvalue weighted by molar-refractivity contribution is 7.85. The predicted molar refractivity (Wildman–Crippen MR) is 92.2 cm³/mol. The van der Waals surface area contributed by atoms with Crippen LogP contribution >= 0.6 is 0 Å². The Morgan fingerprint density at radius 3 is 2.57 bits per heavy atom. The van der Waals surface area contributed by atoms with Crippen LogP contribution in [-0.4, -0.2) is 41.5 Å². The van der Waals surface area contributed by atoms with Gasteiger partial charge in [-0.2, -0.15) is 0 Å². The molecule has 4 unspecified atom stereocenters. The lowest BCUT2D eigenvalue weighted by molar-refractivity contribution is 0.140. The topological polar surface area (TPSA) is 38.3 Å². The summed E-state index contributed by atoms with van der Waals surface area (Å²) in [5.74, 6) is 1.36. The average Bonchev–Trinajstić information content (AvgIpc) is 2.50. The molecule has 1 N–H and O–H groups in total. The highest BCUT2D eigenvalue weighted by Crippen LogP contribution is 2.41. The maximum Gasteiger partial charge on any atom is 0.0577 e. The highest BCUT2D eigenvalue weighted by Gasteiger charge is 2.39. The molecule has 0 aromatic carbocycles. The van der Waals surface area contributed by atoms with Crippen molar-refractivity contribution in [3.63, 3.8) is 0 Å². The molecule has 3 nitrogen and oxygen atoms in total. The number of ether oxygens (including phenoxy) is 1. The molecule has 1 rings (SSSR count). The maximum absolute atomic E-state index is 12.7. The quantitative estimate of drug-likeness (QED) is 0.709. The van der Waals surface area contributed by atoms with E-state index in [9.17, 15) is 4.21 Å². The van der Waals surface area contributed by atoms with Crippen LogP contribution in [-0.2, 0) is 15.5 Å². The van der Waals surface area contributed by atoms with E-state index in [1.807, 2.05) is 0 Å². The van der Waals surface area contributed by atoms with Crippen LogP contribution in [0.2, 0.25) is 0 Å². The first-order valence-corrected chi connectivity index (χ1v) is 9.94. The maximum atomic E-state index is 12.7. The second-order valence-electron chi connectivity index (χ2n) is 7.03. The Hall–Kier alpha value is 0.0700. The Morgan fingerprint density at radius 2 is 2.00 bits per heavy atom. The van der Waals surface area contributed by atoms with Crippen LogP contribution < -0.4 is 5.32 Å². The summed E-state index contributed by atoms with van der Waals surface area (Å²) in [6.45, 7) is 10.8. The molecule has 1 fully saturated rings. The number of hydrogen-bond acceptors (Lipinski definition) is 3. The van der Waals surface area contributed by atoms with Gasteiger partial charge in [-0.1, -0.05) is 34.1 Å². The Kier molecular flexibility index (Phi) is 8.43. The average molecular weight is 318 g/mol. The van der Waals surface area contributed by atoms with Gasteiger partial charge in [0.05, 0.1) is 11.9 Å². The number of nitrogens with one attached hydrogen (secondary N) is 1. The highest BCUT2D eigenvalue weighted by atomic mass is 32.2. The fourth-order valence-electron chi connectivity index (χ4n) is 3.30. The minimum Gasteiger partial charge on any atom is -0.384 e. The third-order valence-corrected chi connectivity index (χ3v) is 7.06. The predicted octanol–water partition coefficient (Wildman–Crippen LogP) is 3.35. The third-order valence-electron chi connectivity index (χ3n) is 5.29. The minimum atomic E-state index is -0.785. The monoisotopic (exact) mass is 317 g/mol. The molecule has 0 aromatic heterocycles. The van der Waals surface area contributed by atoms with E-state index in [2.05, 4.69) is 33.0 Å². The molecule has 4 atom stereocenters. The van der Waals surface area contributed by atoms with Crippen LogP contribution in [0.4, 0.5) is 0 Å². The Labute approximate surface area is 134 Å². The van der Waals surface area contributed by atoms with Crippen molar-refractivity contribution >= 4 is 10.8 Å². The summed E-state index contributed by atoms with van der Waals surface area (Å²) in [7, 11) is 0.903. The van der Waals surface area contributed by atoms with E-state index in [0.717, 1.165) is 25.8 Å². The first-order valence-electron chi connectivity index (χ1n) is 8.55. The van der Waals surface area contributed by atoms with E-state index in [1.54, 1.807) is 7.11 Å². The zero-order valence-corrected chi connectivity index (χ0v) is 15.4. The first-order chi connectivity index (χ1) is 9.96. The van der Waals surface area contributed by atoms with Crippen molar-refractivity contribution in [3.05, 3.63) is 0 Å². The molecule has 1 aliphatic carbocycles. The van der Waals surface area contributed by atoms with Crippen molar-refractivity contribution in [2.45, 2.75) is 71.1 Å². The lowest BCUT2D eigenvalue weighted by atomic mass is 9.68. The van der Waals surface area contributed by atoms with E-state index in [4.69, 9.17) is 4.74 Å². The minimum absolute atomic E-state index is 0.288. The van der Waals surface area contributed by atoms with Crippen molar-refractivity contribution < 1.29 is 8.95 Å². The zero-order valence-electron chi connectivity index (χ0n) is 14.6. The lowest BCUT2D eigenvalue weighted by Gasteiger charge is -2.43. The largest absolute Gasteiger partial charge is 0.384 e. The number of methoxy groups -OCH3 is 1. The first kappa shape index (κ1) is 19.1. The second-order valence-corrected chi connectivity index (χ2v) is 8.80. The molecule has 0 amide bonds. The molecule has 1 saturated carbocycles. The standard InChI is InChI=1S/C17H35NO2S/c1-6-10-18-15-9-8-14(17(3,4)7-2)13-16(15)21(19)12-11-20-5/h14-16,18H,6-13H2,1-5H3. The second kappa shape index (κ2) is 9.26. The molecule has 0 bridgehead atoms. The smallest absolute Gasteiger partial charge is 0.0577 e. The summed E-state index contributed by atoms with van der Waals surface area (Å²) >= 11 is 0. The van der Waals surface area contributed by atoms with Crippen molar-refractivity contribution in [1.29, 1.82) is 0 Å². The van der Waals surface area contributed by atoms with Gasteiger partial charge in [-0.25, -0.2) is 0 Å². The molecular weight excluding hydrogens is 282 g/mol. The molecule has 0 saturated heterocycles. The Balaban J connectivity index is 2.73. The lowest BCUT2D eigenvalue weighted by Crippen LogP contribution is -2.49. The van der Waals surface area contributed by atoms with E-state index in [0.29, 0.717) is 29.7 Å². The van der Waals surface area contributed by atoms with Gasteiger partial charge in [-0.15, -0.1) is 0 Å².